The maximum absolute atomic E-state index is 12.8. The Hall–Kier alpha value is -3.02. The van der Waals surface area contributed by atoms with Crippen molar-refractivity contribution in [3.63, 3.8) is 0 Å². The van der Waals surface area contributed by atoms with Crippen LogP contribution in [-0.2, 0) is 4.79 Å². The van der Waals surface area contributed by atoms with Crippen LogP contribution in [-0.4, -0.2) is 30.6 Å². The second-order valence-electron chi connectivity index (χ2n) is 8.72. The minimum atomic E-state index is -0.500. The monoisotopic (exact) mass is 422 g/mol. The number of carbonyl (C=O) groups excluding carboxylic acids is 2. The minimum absolute atomic E-state index is 0.0346. The summed E-state index contributed by atoms with van der Waals surface area (Å²) < 4.78 is 12.3. The Labute approximate surface area is 183 Å². The van der Waals surface area contributed by atoms with Crippen molar-refractivity contribution in [2.45, 2.75) is 64.1 Å². The fourth-order valence-corrected chi connectivity index (χ4v) is 4.42. The number of amides is 2. The molecule has 2 fully saturated rings. The van der Waals surface area contributed by atoms with Gasteiger partial charge < -0.3 is 20.1 Å². The predicted molar refractivity (Wildman–Crippen MR) is 120 cm³/mol. The Morgan fingerprint density at radius 2 is 1.87 bits per heavy atom. The van der Waals surface area contributed by atoms with Gasteiger partial charge in [0, 0.05) is 30.1 Å². The summed E-state index contributed by atoms with van der Waals surface area (Å²) in [5.74, 6) is 1.09. The van der Waals surface area contributed by atoms with Gasteiger partial charge in [-0.1, -0.05) is 12.1 Å². The lowest BCUT2D eigenvalue weighted by atomic mass is 9.97. The summed E-state index contributed by atoms with van der Waals surface area (Å²) in [6.45, 7) is 4.55. The Morgan fingerprint density at radius 3 is 2.58 bits per heavy atom. The molecule has 2 aromatic rings. The zero-order chi connectivity index (χ0) is 22.0. The van der Waals surface area contributed by atoms with Crippen LogP contribution in [0, 0.1) is 0 Å². The van der Waals surface area contributed by atoms with E-state index in [2.05, 4.69) is 0 Å². The van der Waals surface area contributed by atoms with Crippen LogP contribution in [0.1, 0.15) is 67.8 Å². The summed E-state index contributed by atoms with van der Waals surface area (Å²) in [7, 11) is 0. The minimum Gasteiger partial charge on any atom is -0.487 e. The number of nitrogens with zero attached hydrogens (tertiary/aromatic N) is 1. The molecule has 2 amide bonds. The number of primary amides is 1. The number of benzene rings is 2. The first-order valence-corrected chi connectivity index (χ1v) is 11.1. The van der Waals surface area contributed by atoms with Gasteiger partial charge in [-0.25, -0.2) is 0 Å². The van der Waals surface area contributed by atoms with Crippen molar-refractivity contribution in [1.82, 2.24) is 0 Å². The van der Waals surface area contributed by atoms with Gasteiger partial charge in [0.25, 0.3) is 0 Å². The van der Waals surface area contributed by atoms with Crippen molar-refractivity contribution < 1.29 is 19.1 Å². The molecule has 31 heavy (non-hydrogen) atoms. The van der Waals surface area contributed by atoms with Gasteiger partial charge in [-0.2, -0.15) is 0 Å². The second kappa shape index (κ2) is 9.00. The molecule has 2 aromatic carbocycles. The zero-order valence-corrected chi connectivity index (χ0v) is 18.2. The molecule has 1 aliphatic heterocycles. The molecule has 6 nitrogen and oxygen atoms in total. The number of carbonyl (C=O) groups is 2. The quantitative estimate of drug-likeness (QED) is 0.716. The number of nitrogens with two attached hydrogens (primary N) is 1. The fourth-order valence-electron chi connectivity index (χ4n) is 4.42. The van der Waals surface area contributed by atoms with Crippen molar-refractivity contribution in [1.29, 1.82) is 0 Å². The molecule has 0 bridgehead atoms. The number of hydrogen-bond donors (Lipinski definition) is 1. The van der Waals surface area contributed by atoms with Crippen molar-refractivity contribution in [2.75, 3.05) is 11.4 Å². The second-order valence-corrected chi connectivity index (χ2v) is 8.72. The summed E-state index contributed by atoms with van der Waals surface area (Å²) in [6, 6.07) is 12.9. The number of ether oxygens (including phenoxy) is 2. The molecular weight excluding hydrogens is 392 g/mol. The molecule has 1 saturated carbocycles. The number of hydrogen-bond acceptors (Lipinski definition) is 4. The van der Waals surface area contributed by atoms with Crippen LogP contribution >= 0.6 is 0 Å². The van der Waals surface area contributed by atoms with E-state index in [0.29, 0.717) is 24.2 Å². The van der Waals surface area contributed by atoms with E-state index in [-0.39, 0.29) is 24.0 Å². The fraction of sp³-hybridized carbons (Fsp3) is 0.440. The molecule has 1 saturated heterocycles. The van der Waals surface area contributed by atoms with E-state index in [9.17, 15) is 9.59 Å². The summed E-state index contributed by atoms with van der Waals surface area (Å²) >= 11 is 0. The SMILES string of the molecule is CC(C)Oc1ccc([C@@H]2CC(=O)N(c3cccc(C(N)=O)c3)C2)cc1OC1CCCC1. The van der Waals surface area contributed by atoms with E-state index in [1.165, 1.54) is 12.8 Å². The highest BCUT2D eigenvalue weighted by Gasteiger charge is 2.32. The largest absolute Gasteiger partial charge is 0.487 e. The highest BCUT2D eigenvalue weighted by Crippen LogP contribution is 2.38. The van der Waals surface area contributed by atoms with Gasteiger partial charge in [0.15, 0.2) is 11.5 Å². The lowest BCUT2D eigenvalue weighted by Crippen LogP contribution is -2.24. The molecule has 2 N–H and O–H groups in total. The summed E-state index contributed by atoms with van der Waals surface area (Å²) in [5, 5.41) is 0. The van der Waals surface area contributed by atoms with Gasteiger partial charge in [0.05, 0.1) is 12.2 Å². The molecule has 1 aliphatic carbocycles. The Kier molecular flexibility index (Phi) is 6.16. The molecule has 164 valence electrons. The van der Waals surface area contributed by atoms with Crippen LogP contribution < -0.4 is 20.1 Å². The lowest BCUT2D eigenvalue weighted by molar-refractivity contribution is -0.117. The van der Waals surface area contributed by atoms with E-state index < -0.39 is 5.91 Å². The highest BCUT2D eigenvalue weighted by molar-refractivity contribution is 5.99. The molecular formula is C25H30N2O4. The Morgan fingerprint density at radius 1 is 1.10 bits per heavy atom. The first-order valence-electron chi connectivity index (χ1n) is 11.1. The molecule has 2 aliphatic rings. The van der Waals surface area contributed by atoms with E-state index >= 15 is 0 Å². The molecule has 1 atom stereocenters. The van der Waals surface area contributed by atoms with E-state index in [1.807, 2.05) is 38.1 Å². The predicted octanol–water partition coefficient (Wildman–Crippen LogP) is 4.41. The maximum Gasteiger partial charge on any atom is 0.248 e. The molecule has 1 heterocycles. The van der Waals surface area contributed by atoms with Crippen LogP contribution in [0.3, 0.4) is 0 Å². The van der Waals surface area contributed by atoms with Crippen LogP contribution in [0.5, 0.6) is 11.5 Å². The average molecular weight is 423 g/mol. The van der Waals surface area contributed by atoms with Gasteiger partial charge in [-0.05, 0) is 75.4 Å². The maximum atomic E-state index is 12.8. The van der Waals surface area contributed by atoms with Gasteiger partial charge >= 0.3 is 0 Å². The first-order chi connectivity index (χ1) is 14.9. The van der Waals surface area contributed by atoms with Gasteiger partial charge in [0.2, 0.25) is 11.8 Å². The smallest absolute Gasteiger partial charge is 0.248 e. The lowest BCUT2D eigenvalue weighted by Gasteiger charge is -2.21. The van der Waals surface area contributed by atoms with Crippen LogP contribution in [0.4, 0.5) is 5.69 Å². The normalized spacial score (nSPS) is 19.3. The Balaban J connectivity index is 1.56. The first kappa shape index (κ1) is 21.2. The van der Waals surface area contributed by atoms with Crippen molar-refractivity contribution in [3.05, 3.63) is 53.6 Å². The number of anilines is 1. The molecule has 6 heteroatoms. The van der Waals surface area contributed by atoms with E-state index in [0.717, 1.165) is 29.9 Å². The summed E-state index contributed by atoms with van der Waals surface area (Å²) in [6.07, 6.45) is 5.21. The van der Waals surface area contributed by atoms with Crippen LogP contribution in [0.15, 0.2) is 42.5 Å². The van der Waals surface area contributed by atoms with Crippen LogP contribution in [0.2, 0.25) is 0 Å². The van der Waals surface area contributed by atoms with Gasteiger partial charge in [0.1, 0.15) is 0 Å². The van der Waals surface area contributed by atoms with Crippen molar-refractivity contribution >= 4 is 17.5 Å². The number of rotatable bonds is 7. The third-order valence-electron chi connectivity index (χ3n) is 5.97. The van der Waals surface area contributed by atoms with Crippen LogP contribution in [0.25, 0.3) is 0 Å². The third-order valence-corrected chi connectivity index (χ3v) is 5.97. The van der Waals surface area contributed by atoms with Gasteiger partial charge in [-0.3, -0.25) is 9.59 Å². The molecule has 0 radical (unpaired) electrons. The van der Waals surface area contributed by atoms with Gasteiger partial charge in [-0.15, -0.1) is 0 Å². The van der Waals surface area contributed by atoms with E-state index in [4.69, 9.17) is 15.2 Å². The van der Waals surface area contributed by atoms with E-state index in [1.54, 1.807) is 23.1 Å². The standard InChI is InChI=1S/C25H30N2O4/c1-16(2)30-22-11-10-17(13-23(22)31-21-8-3-4-9-21)19-14-24(28)27(15-19)20-7-5-6-18(12-20)25(26)29/h5-7,10-13,16,19,21H,3-4,8-9,14-15H2,1-2H3,(H2,26,29)/t19-/m1/s1. The summed E-state index contributed by atoms with van der Waals surface area (Å²) in [5.41, 5.74) is 7.56. The van der Waals surface area contributed by atoms with Crippen molar-refractivity contribution in [3.8, 4) is 11.5 Å². The third kappa shape index (κ3) is 4.84. The molecule has 0 spiro atoms. The molecule has 0 aromatic heterocycles. The molecule has 4 rings (SSSR count). The Bertz CT molecular complexity index is 966. The highest BCUT2D eigenvalue weighted by atomic mass is 16.5. The molecule has 0 unspecified atom stereocenters. The zero-order valence-electron chi connectivity index (χ0n) is 18.2. The van der Waals surface area contributed by atoms with Crippen molar-refractivity contribution in [2.24, 2.45) is 5.73 Å². The average Bonchev–Trinajstić information content (AvgIpc) is 3.38. The topological polar surface area (TPSA) is 81.9 Å². The summed E-state index contributed by atoms with van der Waals surface area (Å²) in [4.78, 5) is 26.0.